The number of halogens is 4. The maximum atomic E-state index is 14.0. The van der Waals surface area contributed by atoms with Gasteiger partial charge in [-0.15, -0.1) is 11.3 Å². The van der Waals surface area contributed by atoms with E-state index in [2.05, 4.69) is 10.6 Å². The smallest absolute Gasteiger partial charge is 0.370 e. The van der Waals surface area contributed by atoms with E-state index in [1.165, 1.54) is 11.0 Å². The molecule has 2 aliphatic rings. The Labute approximate surface area is 220 Å². The average Bonchev–Trinajstić information content (AvgIpc) is 3.60. The molecule has 0 spiro atoms. The van der Waals surface area contributed by atoms with Gasteiger partial charge in [0.2, 0.25) is 5.91 Å². The number of morpholine rings is 1. The van der Waals surface area contributed by atoms with Crippen LogP contribution in [0, 0.1) is 0 Å². The first kappa shape index (κ1) is 27.4. The number of thiophene rings is 1. The van der Waals surface area contributed by atoms with Crippen molar-refractivity contribution in [2.45, 2.75) is 38.0 Å². The summed E-state index contributed by atoms with van der Waals surface area (Å²) in [6.07, 6.45) is -3.05. The molecule has 2 aromatic rings. The SMILES string of the molecule is CCN(C1CC1)[C@@H](CNC(=O)c1ccc(Cl)s1)C(=O)Nc1ccc(N2CCOCC2=O)cc1C(F)(F)F. The van der Waals surface area contributed by atoms with Gasteiger partial charge in [-0.25, -0.2) is 0 Å². The summed E-state index contributed by atoms with van der Waals surface area (Å²) < 4.78 is 47.5. The number of anilines is 2. The van der Waals surface area contributed by atoms with E-state index in [0.717, 1.165) is 36.3 Å². The van der Waals surface area contributed by atoms with Crippen LogP contribution in [0.3, 0.4) is 0 Å². The Balaban J connectivity index is 1.56. The van der Waals surface area contributed by atoms with E-state index < -0.39 is 41.2 Å². The normalized spacial score (nSPS) is 17.1. The highest BCUT2D eigenvalue weighted by atomic mass is 35.5. The van der Waals surface area contributed by atoms with Gasteiger partial charge in [0.05, 0.1) is 27.1 Å². The lowest BCUT2D eigenvalue weighted by Gasteiger charge is -2.31. The van der Waals surface area contributed by atoms with Gasteiger partial charge in [0.25, 0.3) is 11.8 Å². The summed E-state index contributed by atoms with van der Waals surface area (Å²) in [5.41, 5.74) is -1.41. The fourth-order valence-electron chi connectivity index (χ4n) is 4.26. The molecule has 4 rings (SSSR count). The molecule has 37 heavy (non-hydrogen) atoms. The van der Waals surface area contributed by atoms with Gasteiger partial charge in [0.15, 0.2) is 0 Å². The second-order valence-electron chi connectivity index (χ2n) is 8.71. The predicted molar refractivity (Wildman–Crippen MR) is 134 cm³/mol. The Morgan fingerprint density at radius 3 is 2.62 bits per heavy atom. The second kappa shape index (κ2) is 11.4. The summed E-state index contributed by atoms with van der Waals surface area (Å²) in [5.74, 6) is -1.53. The standard InChI is InChI=1S/C24H26ClF3N4O4S/c1-2-31(14-3-4-14)18(12-29-23(35)19-7-8-20(25)37-19)22(34)30-17-6-5-15(11-16(17)24(26,27)28)32-9-10-36-13-21(32)33/h5-8,11,14,18H,2-4,9-10,12-13H2,1H3,(H,29,35)(H,30,34)/t18-/m0/s1. The number of carbonyl (C=O) groups is 3. The van der Waals surface area contributed by atoms with Gasteiger partial charge >= 0.3 is 6.18 Å². The molecule has 1 atom stereocenters. The van der Waals surface area contributed by atoms with Gasteiger partial charge in [0, 0.05) is 24.8 Å². The van der Waals surface area contributed by atoms with Crippen LogP contribution in [0.5, 0.6) is 0 Å². The van der Waals surface area contributed by atoms with Crippen LogP contribution in [0.2, 0.25) is 4.34 Å². The third kappa shape index (κ3) is 6.61. The molecule has 2 N–H and O–H groups in total. The Morgan fingerprint density at radius 2 is 2.03 bits per heavy atom. The largest absolute Gasteiger partial charge is 0.418 e. The van der Waals surface area contributed by atoms with E-state index in [9.17, 15) is 27.6 Å². The van der Waals surface area contributed by atoms with E-state index in [1.54, 1.807) is 12.1 Å². The first-order chi connectivity index (χ1) is 17.6. The quantitative estimate of drug-likeness (QED) is 0.485. The first-order valence-corrected chi connectivity index (χ1v) is 13.0. The van der Waals surface area contributed by atoms with E-state index in [1.807, 2.05) is 11.8 Å². The van der Waals surface area contributed by atoms with Crippen LogP contribution < -0.4 is 15.5 Å². The molecule has 2 fully saturated rings. The van der Waals surface area contributed by atoms with Crippen molar-refractivity contribution in [3.05, 3.63) is 45.1 Å². The fraction of sp³-hybridized carbons (Fsp3) is 0.458. The van der Waals surface area contributed by atoms with Crippen LogP contribution in [0.1, 0.15) is 35.0 Å². The summed E-state index contributed by atoms with van der Waals surface area (Å²) >= 11 is 6.98. The van der Waals surface area contributed by atoms with Crippen molar-refractivity contribution in [3.63, 3.8) is 0 Å². The van der Waals surface area contributed by atoms with Gasteiger partial charge in [-0.3, -0.25) is 19.3 Å². The van der Waals surface area contributed by atoms with Crippen molar-refractivity contribution in [1.29, 1.82) is 0 Å². The number of alkyl halides is 3. The molecule has 200 valence electrons. The topological polar surface area (TPSA) is 91.0 Å². The number of benzene rings is 1. The molecule has 1 aromatic carbocycles. The third-order valence-electron chi connectivity index (χ3n) is 6.20. The number of ether oxygens (including phenoxy) is 1. The second-order valence-corrected chi connectivity index (χ2v) is 10.4. The van der Waals surface area contributed by atoms with Crippen molar-refractivity contribution >= 4 is 52.0 Å². The maximum absolute atomic E-state index is 14.0. The lowest BCUT2D eigenvalue weighted by atomic mass is 10.1. The number of hydrogen-bond acceptors (Lipinski definition) is 6. The number of likely N-dealkylation sites (N-methyl/N-ethyl adjacent to an activating group) is 1. The van der Waals surface area contributed by atoms with Crippen LogP contribution in [-0.4, -0.2) is 67.6 Å². The molecule has 2 heterocycles. The predicted octanol–water partition coefficient (Wildman–Crippen LogP) is 4.00. The number of carbonyl (C=O) groups excluding carboxylic acids is 3. The third-order valence-corrected chi connectivity index (χ3v) is 7.43. The molecule has 1 saturated carbocycles. The molecule has 3 amide bonds. The zero-order valence-corrected chi connectivity index (χ0v) is 21.5. The molecule has 1 aliphatic carbocycles. The highest BCUT2D eigenvalue weighted by Gasteiger charge is 2.39. The summed E-state index contributed by atoms with van der Waals surface area (Å²) in [6.45, 7) is 2.38. The van der Waals surface area contributed by atoms with Gasteiger partial charge in [-0.05, 0) is 49.7 Å². The minimum Gasteiger partial charge on any atom is -0.370 e. The lowest BCUT2D eigenvalue weighted by molar-refractivity contribution is -0.137. The van der Waals surface area contributed by atoms with Gasteiger partial charge in [-0.2, -0.15) is 13.2 Å². The van der Waals surface area contributed by atoms with E-state index >= 15 is 0 Å². The van der Waals surface area contributed by atoms with Crippen molar-refractivity contribution in [3.8, 4) is 0 Å². The Bertz CT molecular complexity index is 1170. The zero-order valence-electron chi connectivity index (χ0n) is 19.9. The highest BCUT2D eigenvalue weighted by Crippen LogP contribution is 2.38. The molecule has 0 bridgehead atoms. The highest BCUT2D eigenvalue weighted by molar-refractivity contribution is 7.18. The molecule has 0 radical (unpaired) electrons. The van der Waals surface area contributed by atoms with Crippen LogP contribution in [0.4, 0.5) is 24.5 Å². The summed E-state index contributed by atoms with van der Waals surface area (Å²) in [5, 5.41) is 5.14. The van der Waals surface area contributed by atoms with Crippen molar-refractivity contribution in [2.24, 2.45) is 0 Å². The number of amides is 3. The Morgan fingerprint density at radius 1 is 1.27 bits per heavy atom. The van der Waals surface area contributed by atoms with Gasteiger partial charge < -0.3 is 20.3 Å². The number of rotatable bonds is 9. The van der Waals surface area contributed by atoms with Gasteiger partial charge in [0.1, 0.15) is 12.6 Å². The van der Waals surface area contributed by atoms with Crippen LogP contribution >= 0.6 is 22.9 Å². The lowest BCUT2D eigenvalue weighted by Crippen LogP contribution is -2.51. The minimum atomic E-state index is -4.78. The molecule has 1 aliphatic heterocycles. The van der Waals surface area contributed by atoms with E-state index in [-0.39, 0.29) is 38.0 Å². The monoisotopic (exact) mass is 558 g/mol. The minimum absolute atomic E-state index is 0.0743. The summed E-state index contributed by atoms with van der Waals surface area (Å²) in [4.78, 5) is 41.5. The Kier molecular flexibility index (Phi) is 8.42. The summed E-state index contributed by atoms with van der Waals surface area (Å²) in [7, 11) is 0. The van der Waals surface area contributed by atoms with Crippen LogP contribution in [-0.2, 0) is 20.5 Å². The van der Waals surface area contributed by atoms with E-state index in [0.29, 0.717) is 15.8 Å². The van der Waals surface area contributed by atoms with Crippen molar-refractivity contribution in [1.82, 2.24) is 10.2 Å². The zero-order chi connectivity index (χ0) is 26.7. The number of nitrogens with one attached hydrogen (secondary N) is 2. The molecule has 8 nitrogen and oxygen atoms in total. The molecule has 1 aromatic heterocycles. The van der Waals surface area contributed by atoms with E-state index in [4.69, 9.17) is 16.3 Å². The molecule has 13 heteroatoms. The van der Waals surface area contributed by atoms with Crippen LogP contribution in [0.25, 0.3) is 0 Å². The number of hydrogen-bond donors (Lipinski definition) is 2. The first-order valence-electron chi connectivity index (χ1n) is 11.8. The summed E-state index contributed by atoms with van der Waals surface area (Å²) in [6, 6.07) is 5.74. The average molecular weight is 559 g/mol. The maximum Gasteiger partial charge on any atom is 0.418 e. The molecule has 1 saturated heterocycles. The molecule has 0 unspecified atom stereocenters. The molecular weight excluding hydrogens is 533 g/mol. The van der Waals surface area contributed by atoms with Crippen LogP contribution in [0.15, 0.2) is 30.3 Å². The molecular formula is C24H26ClF3N4O4S. The van der Waals surface area contributed by atoms with Gasteiger partial charge in [-0.1, -0.05) is 18.5 Å². The van der Waals surface area contributed by atoms with Crippen molar-refractivity contribution in [2.75, 3.05) is 43.1 Å². The number of nitrogens with zero attached hydrogens (tertiary/aromatic N) is 2. The van der Waals surface area contributed by atoms with Crippen molar-refractivity contribution < 1.29 is 32.3 Å². The fourth-order valence-corrected chi connectivity index (χ4v) is 5.22. The Hall–Kier alpha value is -2.67.